The third kappa shape index (κ3) is 2.98. The minimum Gasteiger partial charge on any atom is -0.348 e. The first-order valence-electron chi connectivity index (χ1n) is 5.70. The number of rotatable bonds is 3. The molecule has 0 radical (unpaired) electrons. The Hall–Kier alpha value is -1.33. The van der Waals surface area contributed by atoms with Crippen LogP contribution in [-0.2, 0) is 13.6 Å². The molecule has 1 N–H and O–H groups in total. The standard InChI is InChI=1S/C13H13BrClN3O/c1-8-9(7-17-18(8)2)6-16-13(19)10-4-3-5-11(14)12(10)15/h3-5,7H,6H2,1-2H3,(H,16,19). The van der Waals surface area contributed by atoms with Crippen molar-refractivity contribution in [3.63, 3.8) is 0 Å². The average Bonchev–Trinajstić information content (AvgIpc) is 2.70. The molecule has 0 aliphatic heterocycles. The average molecular weight is 343 g/mol. The number of carbonyl (C=O) groups excluding carboxylic acids is 1. The van der Waals surface area contributed by atoms with E-state index in [1.54, 1.807) is 29.1 Å². The zero-order valence-corrected chi connectivity index (χ0v) is 12.9. The summed E-state index contributed by atoms with van der Waals surface area (Å²) < 4.78 is 2.48. The number of aryl methyl sites for hydroxylation is 1. The van der Waals surface area contributed by atoms with Crippen molar-refractivity contribution < 1.29 is 4.79 Å². The van der Waals surface area contributed by atoms with Crippen molar-refractivity contribution in [1.82, 2.24) is 15.1 Å². The Labute approximate surface area is 124 Å². The number of amides is 1. The van der Waals surface area contributed by atoms with Crippen molar-refractivity contribution >= 4 is 33.4 Å². The number of hydrogen-bond donors (Lipinski definition) is 1. The molecule has 0 atom stereocenters. The van der Waals surface area contributed by atoms with E-state index in [0.29, 0.717) is 21.6 Å². The van der Waals surface area contributed by atoms with Crippen molar-refractivity contribution in [2.24, 2.45) is 7.05 Å². The highest BCUT2D eigenvalue weighted by atomic mass is 79.9. The normalized spacial score (nSPS) is 10.5. The molecule has 1 aromatic carbocycles. The lowest BCUT2D eigenvalue weighted by Crippen LogP contribution is -2.23. The zero-order chi connectivity index (χ0) is 14.0. The van der Waals surface area contributed by atoms with Gasteiger partial charge in [0.1, 0.15) is 0 Å². The van der Waals surface area contributed by atoms with Crippen LogP contribution < -0.4 is 5.32 Å². The SMILES string of the molecule is Cc1c(CNC(=O)c2cccc(Br)c2Cl)cnn1C. The van der Waals surface area contributed by atoms with Crippen LogP contribution in [-0.4, -0.2) is 15.7 Å². The predicted molar refractivity (Wildman–Crippen MR) is 78.3 cm³/mol. The van der Waals surface area contributed by atoms with Crippen molar-refractivity contribution in [3.8, 4) is 0 Å². The van der Waals surface area contributed by atoms with Crippen molar-refractivity contribution in [1.29, 1.82) is 0 Å². The van der Waals surface area contributed by atoms with E-state index in [1.165, 1.54) is 0 Å². The molecule has 2 rings (SSSR count). The third-order valence-corrected chi connectivity index (χ3v) is 4.27. The smallest absolute Gasteiger partial charge is 0.253 e. The van der Waals surface area contributed by atoms with Gasteiger partial charge in [0.05, 0.1) is 16.8 Å². The first kappa shape index (κ1) is 14.1. The van der Waals surface area contributed by atoms with E-state index in [1.807, 2.05) is 14.0 Å². The van der Waals surface area contributed by atoms with Gasteiger partial charge in [0, 0.05) is 29.3 Å². The molecule has 0 unspecified atom stereocenters. The topological polar surface area (TPSA) is 46.9 Å². The number of carbonyl (C=O) groups is 1. The van der Waals surface area contributed by atoms with Crippen LogP contribution >= 0.6 is 27.5 Å². The summed E-state index contributed by atoms with van der Waals surface area (Å²) in [6, 6.07) is 5.27. The van der Waals surface area contributed by atoms with Crippen LogP contribution in [0.5, 0.6) is 0 Å². The second-order valence-corrected chi connectivity index (χ2v) is 5.40. The molecule has 0 spiro atoms. The number of aromatic nitrogens is 2. The molecule has 1 aromatic heterocycles. The largest absolute Gasteiger partial charge is 0.348 e. The van der Waals surface area contributed by atoms with Crippen molar-refractivity contribution in [3.05, 3.63) is 50.7 Å². The second-order valence-electron chi connectivity index (χ2n) is 4.16. The fraction of sp³-hybridized carbons (Fsp3) is 0.231. The van der Waals surface area contributed by atoms with Gasteiger partial charge in [-0.05, 0) is 35.0 Å². The maximum Gasteiger partial charge on any atom is 0.253 e. The molecule has 0 fully saturated rings. The molecule has 100 valence electrons. The Balaban J connectivity index is 2.10. The summed E-state index contributed by atoms with van der Waals surface area (Å²) in [5, 5.41) is 7.39. The number of hydrogen-bond acceptors (Lipinski definition) is 2. The second kappa shape index (κ2) is 5.75. The van der Waals surface area contributed by atoms with E-state index in [9.17, 15) is 4.79 Å². The van der Waals surface area contributed by atoms with Gasteiger partial charge in [-0.25, -0.2) is 0 Å². The molecule has 1 heterocycles. The molecule has 0 aliphatic rings. The van der Waals surface area contributed by atoms with Crippen LogP contribution in [0.1, 0.15) is 21.6 Å². The lowest BCUT2D eigenvalue weighted by Gasteiger charge is -2.07. The van der Waals surface area contributed by atoms with E-state index in [4.69, 9.17) is 11.6 Å². The molecular weight excluding hydrogens is 330 g/mol. The van der Waals surface area contributed by atoms with Crippen molar-refractivity contribution in [2.75, 3.05) is 0 Å². The highest BCUT2D eigenvalue weighted by molar-refractivity contribution is 9.10. The minimum absolute atomic E-state index is 0.199. The Kier molecular flexibility index (Phi) is 4.27. The van der Waals surface area contributed by atoms with Crippen LogP contribution in [0.15, 0.2) is 28.9 Å². The highest BCUT2D eigenvalue weighted by Gasteiger charge is 2.13. The van der Waals surface area contributed by atoms with Gasteiger partial charge in [0.15, 0.2) is 0 Å². The molecule has 19 heavy (non-hydrogen) atoms. The maximum atomic E-state index is 12.1. The fourth-order valence-corrected chi connectivity index (χ4v) is 2.25. The summed E-state index contributed by atoms with van der Waals surface area (Å²) >= 11 is 9.38. The molecule has 0 aliphatic carbocycles. The van der Waals surface area contributed by atoms with Gasteiger partial charge in [0.25, 0.3) is 5.91 Å². The van der Waals surface area contributed by atoms with Crippen LogP contribution in [0.25, 0.3) is 0 Å². The van der Waals surface area contributed by atoms with E-state index in [-0.39, 0.29) is 5.91 Å². The van der Waals surface area contributed by atoms with Gasteiger partial charge in [-0.3, -0.25) is 9.48 Å². The minimum atomic E-state index is -0.199. The predicted octanol–water partition coefficient (Wildman–Crippen LogP) is 3.07. The Bertz CT molecular complexity index is 624. The lowest BCUT2D eigenvalue weighted by molar-refractivity contribution is 0.0951. The number of benzene rings is 1. The highest BCUT2D eigenvalue weighted by Crippen LogP contribution is 2.25. The first-order chi connectivity index (χ1) is 9.00. The third-order valence-electron chi connectivity index (χ3n) is 2.97. The van der Waals surface area contributed by atoms with E-state index in [2.05, 4.69) is 26.3 Å². The fourth-order valence-electron chi connectivity index (χ4n) is 1.67. The van der Waals surface area contributed by atoms with Gasteiger partial charge in [0.2, 0.25) is 0 Å². The summed E-state index contributed by atoms with van der Waals surface area (Å²) in [7, 11) is 1.87. The molecule has 6 heteroatoms. The summed E-state index contributed by atoms with van der Waals surface area (Å²) in [4.78, 5) is 12.1. The summed E-state index contributed by atoms with van der Waals surface area (Å²) in [5.41, 5.74) is 2.47. The van der Waals surface area contributed by atoms with E-state index in [0.717, 1.165) is 11.3 Å². The molecule has 4 nitrogen and oxygen atoms in total. The summed E-state index contributed by atoms with van der Waals surface area (Å²) in [6.45, 7) is 2.39. The first-order valence-corrected chi connectivity index (χ1v) is 6.87. The van der Waals surface area contributed by atoms with Gasteiger partial charge < -0.3 is 5.32 Å². The molecule has 0 saturated carbocycles. The van der Waals surface area contributed by atoms with Gasteiger partial charge in [-0.2, -0.15) is 5.10 Å². The molecular formula is C13H13BrClN3O. The van der Waals surface area contributed by atoms with Gasteiger partial charge >= 0.3 is 0 Å². The van der Waals surface area contributed by atoms with Crippen LogP contribution in [0.3, 0.4) is 0 Å². The van der Waals surface area contributed by atoms with Crippen LogP contribution in [0, 0.1) is 6.92 Å². The Morgan fingerprint density at radius 2 is 2.26 bits per heavy atom. The molecule has 0 bridgehead atoms. The lowest BCUT2D eigenvalue weighted by atomic mass is 10.2. The van der Waals surface area contributed by atoms with E-state index >= 15 is 0 Å². The number of nitrogens with zero attached hydrogens (tertiary/aromatic N) is 2. The van der Waals surface area contributed by atoms with Crippen LogP contribution in [0.2, 0.25) is 5.02 Å². The summed E-state index contributed by atoms with van der Waals surface area (Å²) in [6.07, 6.45) is 1.75. The van der Waals surface area contributed by atoms with Gasteiger partial charge in [-0.1, -0.05) is 17.7 Å². The number of halogens is 2. The summed E-state index contributed by atoms with van der Waals surface area (Å²) in [5.74, 6) is -0.199. The number of nitrogens with one attached hydrogen (secondary N) is 1. The zero-order valence-electron chi connectivity index (χ0n) is 10.6. The molecule has 0 saturated heterocycles. The molecule has 2 aromatic rings. The monoisotopic (exact) mass is 341 g/mol. The Morgan fingerprint density at radius 3 is 2.89 bits per heavy atom. The quantitative estimate of drug-likeness (QED) is 0.932. The van der Waals surface area contributed by atoms with E-state index < -0.39 is 0 Å². The molecule has 1 amide bonds. The van der Waals surface area contributed by atoms with Gasteiger partial charge in [-0.15, -0.1) is 0 Å². The van der Waals surface area contributed by atoms with Crippen molar-refractivity contribution in [2.45, 2.75) is 13.5 Å². The maximum absolute atomic E-state index is 12.1. The Morgan fingerprint density at radius 1 is 1.53 bits per heavy atom. The van der Waals surface area contributed by atoms with Crippen LogP contribution in [0.4, 0.5) is 0 Å².